The molecular weight excluding hydrogens is 228 g/mol. The quantitative estimate of drug-likeness (QED) is 0.645. The molecule has 3 rings (SSSR count). The first-order valence-electron chi connectivity index (χ1n) is 5.45. The van der Waals surface area contributed by atoms with E-state index in [1.165, 1.54) is 0 Å². The number of nitrogens with one attached hydrogen (secondary N) is 1. The average molecular weight is 236 g/mol. The van der Waals surface area contributed by atoms with Gasteiger partial charge in [0.1, 0.15) is 5.56 Å². The van der Waals surface area contributed by atoms with Crippen molar-refractivity contribution in [3.05, 3.63) is 70.2 Å². The van der Waals surface area contributed by atoms with E-state index >= 15 is 0 Å². The molecule has 2 aromatic carbocycles. The summed E-state index contributed by atoms with van der Waals surface area (Å²) in [6.45, 7) is 0. The van der Waals surface area contributed by atoms with Crippen molar-refractivity contribution in [2.24, 2.45) is 0 Å². The van der Waals surface area contributed by atoms with Crippen LogP contribution in [-0.2, 0) is 0 Å². The molecule has 0 aromatic heterocycles. The monoisotopic (exact) mass is 236 g/mol. The van der Waals surface area contributed by atoms with Crippen LogP contribution in [-0.4, -0.2) is 11.6 Å². The van der Waals surface area contributed by atoms with E-state index < -0.39 is 0 Å². The maximum Gasteiger partial charge on any atom is 0.204 e. The molecule has 0 fully saturated rings. The third-order valence-electron chi connectivity index (χ3n) is 3.07. The minimum Gasteiger partial charge on any atom is -0.502 e. The van der Waals surface area contributed by atoms with E-state index in [4.69, 9.17) is 5.53 Å². The largest absolute Gasteiger partial charge is 0.502 e. The van der Waals surface area contributed by atoms with Gasteiger partial charge < -0.3 is 5.53 Å². The van der Waals surface area contributed by atoms with E-state index in [1.807, 2.05) is 5.11 Å². The summed E-state index contributed by atoms with van der Waals surface area (Å²) >= 11 is 0. The van der Waals surface area contributed by atoms with E-state index in [1.54, 1.807) is 42.5 Å². The van der Waals surface area contributed by atoms with Crippen LogP contribution >= 0.6 is 0 Å². The molecule has 1 aliphatic rings. The Balaban J connectivity index is 2.37. The molecule has 0 saturated heterocycles. The van der Waals surface area contributed by atoms with Crippen LogP contribution < -0.4 is 5.11 Å². The van der Waals surface area contributed by atoms with E-state index in [-0.39, 0.29) is 22.8 Å². The van der Waals surface area contributed by atoms with Gasteiger partial charge in [0.15, 0.2) is 5.78 Å². The highest BCUT2D eigenvalue weighted by molar-refractivity contribution is 6.29. The lowest BCUT2D eigenvalue weighted by atomic mass is 9.83. The highest BCUT2D eigenvalue weighted by Crippen LogP contribution is 2.29. The van der Waals surface area contributed by atoms with Crippen LogP contribution in [0.15, 0.2) is 42.5 Å². The summed E-state index contributed by atoms with van der Waals surface area (Å²) in [5, 5.41) is 1.96. The van der Waals surface area contributed by atoms with Crippen molar-refractivity contribution in [1.82, 2.24) is 0 Å². The fraction of sp³-hybridized carbons (Fsp3) is 0. The van der Waals surface area contributed by atoms with Crippen LogP contribution in [0.25, 0.3) is 5.53 Å². The van der Waals surface area contributed by atoms with Crippen LogP contribution in [0.2, 0.25) is 0 Å². The maximum absolute atomic E-state index is 12.3. The highest BCUT2D eigenvalue weighted by Gasteiger charge is 2.32. The van der Waals surface area contributed by atoms with E-state index in [9.17, 15) is 9.59 Å². The standard InChI is InChI=1S/C14H8N2O2/c15-16-11-7-3-6-10-12(11)14(18)9-5-2-1-4-8(9)13(10)17/h1-7,16H. The first-order chi connectivity index (χ1) is 8.74. The Hall–Kier alpha value is -2.62. The van der Waals surface area contributed by atoms with Crippen molar-refractivity contribution in [1.29, 1.82) is 0 Å². The van der Waals surface area contributed by atoms with Gasteiger partial charge in [-0.3, -0.25) is 14.7 Å². The maximum atomic E-state index is 12.3. The summed E-state index contributed by atoms with van der Waals surface area (Å²) in [5.41, 5.74) is 10.6. The minimum atomic E-state index is -0.252. The van der Waals surface area contributed by atoms with Crippen LogP contribution in [0.1, 0.15) is 31.8 Å². The van der Waals surface area contributed by atoms with Gasteiger partial charge in [0.2, 0.25) is 11.5 Å². The van der Waals surface area contributed by atoms with Crippen molar-refractivity contribution < 1.29 is 14.7 Å². The number of rotatable bonds is 1. The number of carbonyl (C=O) groups excluding carboxylic acids is 2. The zero-order valence-electron chi connectivity index (χ0n) is 9.31. The van der Waals surface area contributed by atoms with Crippen LogP contribution in [0.5, 0.6) is 0 Å². The number of hydrogen-bond donors (Lipinski definition) is 1. The third kappa shape index (κ3) is 1.26. The number of fused-ring (bicyclic) bond motifs is 2. The zero-order chi connectivity index (χ0) is 12.7. The molecule has 0 bridgehead atoms. The lowest BCUT2D eigenvalue weighted by Gasteiger charge is -2.16. The molecule has 1 aliphatic carbocycles. The molecule has 0 spiro atoms. The van der Waals surface area contributed by atoms with Crippen molar-refractivity contribution in [3.8, 4) is 0 Å². The summed E-state index contributed by atoms with van der Waals surface area (Å²) in [4.78, 5) is 24.6. The van der Waals surface area contributed by atoms with Crippen LogP contribution in [0.3, 0.4) is 0 Å². The number of benzene rings is 2. The topological polar surface area (TPSA) is 70.4 Å². The summed E-state index contributed by atoms with van der Waals surface area (Å²) in [5.74, 6) is -0.449. The summed E-state index contributed by atoms with van der Waals surface area (Å²) in [6, 6.07) is 11.5. The van der Waals surface area contributed by atoms with Gasteiger partial charge in [0.25, 0.3) is 0 Å². The first kappa shape index (κ1) is 10.5. The molecule has 0 heterocycles. The Kier molecular flexibility index (Phi) is 2.16. The van der Waals surface area contributed by atoms with Gasteiger partial charge in [0.05, 0.1) is 0 Å². The zero-order valence-corrected chi connectivity index (χ0v) is 9.31. The third-order valence-corrected chi connectivity index (χ3v) is 3.07. The molecule has 0 atom stereocenters. The lowest BCUT2D eigenvalue weighted by Crippen LogP contribution is -2.56. The molecule has 0 aliphatic heterocycles. The van der Waals surface area contributed by atoms with Gasteiger partial charge in [-0.1, -0.05) is 30.3 Å². The van der Waals surface area contributed by atoms with Crippen molar-refractivity contribution in [2.75, 3.05) is 0 Å². The molecule has 1 N–H and O–H groups in total. The van der Waals surface area contributed by atoms with Crippen molar-refractivity contribution in [3.63, 3.8) is 0 Å². The van der Waals surface area contributed by atoms with E-state index in [0.29, 0.717) is 16.7 Å². The number of nitrogens with zero attached hydrogens (tertiary/aromatic N) is 1. The van der Waals surface area contributed by atoms with Gasteiger partial charge >= 0.3 is 0 Å². The first-order valence-corrected chi connectivity index (χ1v) is 5.45. The Morgan fingerprint density at radius 1 is 0.778 bits per heavy atom. The fourth-order valence-corrected chi connectivity index (χ4v) is 2.24. The molecule has 0 saturated carbocycles. The van der Waals surface area contributed by atoms with Gasteiger partial charge in [-0.05, 0) is 6.07 Å². The molecule has 18 heavy (non-hydrogen) atoms. The number of ketones is 2. The number of carbonyl (C=O) groups is 2. The van der Waals surface area contributed by atoms with E-state index in [0.717, 1.165) is 0 Å². The second-order valence-electron chi connectivity index (χ2n) is 4.04. The molecule has 4 nitrogen and oxygen atoms in total. The smallest absolute Gasteiger partial charge is 0.204 e. The summed E-state index contributed by atoms with van der Waals surface area (Å²) < 4.78 is 0. The molecule has 86 valence electrons. The Bertz CT molecular complexity index is 705. The molecule has 4 heteroatoms. The lowest BCUT2D eigenvalue weighted by molar-refractivity contribution is -0.380. The Labute approximate surface area is 103 Å². The Morgan fingerprint density at radius 2 is 1.39 bits per heavy atom. The fourth-order valence-electron chi connectivity index (χ4n) is 2.24. The second kappa shape index (κ2) is 3.70. The summed E-state index contributed by atoms with van der Waals surface area (Å²) in [6.07, 6.45) is 0. The predicted molar refractivity (Wildman–Crippen MR) is 63.7 cm³/mol. The molecule has 2 aromatic rings. The molecule has 0 radical (unpaired) electrons. The molecular formula is C14H8N2O2. The van der Waals surface area contributed by atoms with Gasteiger partial charge in [-0.2, -0.15) is 0 Å². The molecule has 0 unspecified atom stereocenters. The van der Waals surface area contributed by atoms with Crippen LogP contribution in [0, 0.1) is 0 Å². The SMILES string of the molecule is [N-]=[NH+]c1cccc2c1C(=O)c1ccccc1C2=O. The number of hydrogen-bond acceptors (Lipinski definition) is 2. The normalized spacial score (nSPS) is 12.9. The minimum absolute atomic E-state index is 0.197. The predicted octanol–water partition coefficient (Wildman–Crippen LogP) is 1.20. The highest BCUT2D eigenvalue weighted by atomic mass is 16.1. The second-order valence-corrected chi connectivity index (χ2v) is 4.04. The summed E-state index contributed by atoms with van der Waals surface area (Å²) in [7, 11) is 0. The Morgan fingerprint density at radius 3 is 2.06 bits per heavy atom. The van der Waals surface area contributed by atoms with Crippen molar-refractivity contribution >= 4 is 17.3 Å². The average Bonchev–Trinajstić information content (AvgIpc) is 2.44. The van der Waals surface area contributed by atoms with E-state index in [2.05, 4.69) is 0 Å². The van der Waals surface area contributed by atoms with Crippen LogP contribution in [0.4, 0.5) is 5.69 Å². The van der Waals surface area contributed by atoms with Gasteiger partial charge in [-0.15, -0.1) is 0 Å². The molecule has 0 amide bonds. The van der Waals surface area contributed by atoms with Crippen molar-refractivity contribution in [2.45, 2.75) is 0 Å². The van der Waals surface area contributed by atoms with Gasteiger partial charge in [-0.25, -0.2) is 0 Å². The van der Waals surface area contributed by atoms with Gasteiger partial charge in [0, 0.05) is 22.8 Å².